The van der Waals surface area contributed by atoms with Crippen molar-refractivity contribution < 1.29 is 4.79 Å². The number of rotatable bonds is 3. The Hall–Kier alpha value is -1.94. The number of pyridine rings is 1. The summed E-state index contributed by atoms with van der Waals surface area (Å²) < 4.78 is 0. The Balaban J connectivity index is 2.33. The van der Waals surface area contributed by atoms with Gasteiger partial charge in [-0.25, -0.2) is 0 Å². The van der Waals surface area contributed by atoms with Crippen LogP contribution in [0.3, 0.4) is 0 Å². The maximum absolute atomic E-state index is 11.7. The van der Waals surface area contributed by atoms with Crippen LogP contribution in [0.15, 0.2) is 36.7 Å². The molecule has 0 radical (unpaired) electrons. The third kappa shape index (κ3) is 2.42. The molecule has 1 amide bonds. The Labute approximate surface area is 99.8 Å². The number of fused-ring (bicyclic) bond motifs is 1. The van der Waals surface area contributed by atoms with Gasteiger partial charge in [-0.3, -0.25) is 9.78 Å². The molecule has 0 spiro atoms. The molecule has 0 saturated carbocycles. The zero-order valence-electron chi connectivity index (χ0n) is 9.68. The number of hydrogen-bond acceptors (Lipinski definition) is 3. The van der Waals surface area contributed by atoms with E-state index in [9.17, 15) is 4.79 Å². The number of nitrogens with two attached hydrogens (primary N) is 1. The van der Waals surface area contributed by atoms with Gasteiger partial charge in [0.1, 0.15) is 0 Å². The summed E-state index contributed by atoms with van der Waals surface area (Å²) in [5.74, 6) is -0.156. The van der Waals surface area contributed by atoms with Gasteiger partial charge in [-0.15, -0.1) is 0 Å². The molecule has 0 aliphatic heterocycles. The molecule has 88 valence electrons. The van der Waals surface area contributed by atoms with Gasteiger partial charge in [0.15, 0.2) is 0 Å². The summed E-state index contributed by atoms with van der Waals surface area (Å²) in [6.07, 6.45) is 4.10. The van der Waals surface area contributed by atoms with Crippen LogP contribution in [0.2, 0.25) is 0 Å². The van der Waals surface area contributed by atoms with E-state index >= 15 is 0 Å². The van der Waals surface area contributed by atoms with E-state index in [1.165, 1.54) is 0 Å². The average molecular weight is 229 g/mol. The van der Waals surface area contributed by atoms with E-state index in [0.717, 1.165) is 16.5 Å². The topological polar surface area (TPSA) is 68.0 Å². The predicted octanol–water partition coefficient (Wildman–Crippen LogP) is 1.91. The van der Waals surface area contributed by atoms with E-state index in [4.69, 9.17) is 5.73 Å². The smallest absolute Gasteiger partial charge is 0.241 e. The zero-order valence-corrected chi connectivity index (χ0v) is 9.68. The first-order valence-corrected chi connectivity index (χ1v) is 5.61. The highest BCUT2D eigenvalue weighted by Gasteiger charge is 2.12. The Morgan fingerprint density at radius 2 is 2.29 bits per heavy atom. The van der Waals surface area contributed by atoms with E-state index in [-0.39, 0.29) is 5.91 Å². The zero-order chi connectivity index (χ0) is 12.3. The standard InChI is InChI=1S/C13H15N3O/c1-2-11(14)13(17)16-12-5-3-4-9-8-15-7-6-10(9)12/h3-8,11H,2,14H2,1H3,(H,16,17)/t11-/m1/s1. The van der Waals surface area contributed by atoms with Crippen LogP contribution in [0.25, 0.3) is 10.8 Å². The number of aromatic nitrogens is 1. The van der Waals surface area contributed by atoms with Crippen molar-refractivity contribution in [2.45, 2.75) is 19.4 Å². The predicted molar refractivity (Wildman–Crippen MR) is 68.6 cm³/mol. The lowest BCUT2D eigenvalue weighted by Gasteiger charge is -2.11. The molecule has 1 aromatic carbocycles. The first kappa shape index (κ1) is 11.5. The van der Waals surface area contributed by atoms with Crippen LogP contribution in [0, 0.1) is 0 Å². The fraction of sp³-hybridized carbons (Fsp3) is 0.231. The van der Waals surface area contributed by atoms with Crippen molar-refractivity contribution >= 4 is 22.4 Å². The van der Waals surface area contributed by atoms with Crippen molar-refractivity contribution in [3.63, 3.8) is 0 Å². The van der Waals surface area contributed by atoms with Gasteiger partial charge in [0.2, 0.25) is 5.91 Å². The monoisotopic (exact) mass is 229 g/mol. The molecule has 4 heteroatoms. The van der Waals surface area contributed by atoms with Gasteiger partial charge in [-0.2, -0.15) is 0 Å². The van der Waals surface area contributed by atoms with Gasteiger partial charge < -0.3 is 11.1 Å². The number of benzene rings is 1. The van der Waals surface area contributed by atoms with Gasteiger partial charge in [0, 0.05) is 28.9 Å². The molecule has 0 saturated heterocycles. The number of carbonyl (C=O) groups excluding carboxylic acids is 1. The maximum Gasteiger partial charge on any atom is 0.241 e. The molecule has 1 heterocycles. The molecule has 1 atom stereocenters. The largest absolute Gasteiger partial charge is 0.324 e. The molecule has 2 rings (SSSR count). The minimum Gasteiger partial charge on any atom is -0.324 e. The molecule has 17 heavy (non-hydrogen) atoms. The number of amides is 1. The van der Waals surface area contributed by atoms with Crippen LogP contribution in [0.5, 0.6) is 0 Å². The van der Waals surface area contributed by atoms with Gasteiger partial charge in [0.25, 0.3) is 0 Å². The number of hydrogen-bond donors (Lipinski definition) is 2. The first-order valence-electron chi connectivity index (χ1n) is 5.61. The molecule has 0 fully saturated rings. The van der Waals surface area contributed by atoms with Crippen LogP contribution < -0.4 is 11.1 Å². The van der Waals surface area contributed by atoms with Gasteiger partial charge >= 0.3 is 0 Å². The molecule has 4 nitrogen and oxygen atoms in total. The summed E-state index contributed by atoms with van der Waals surface area (Å²) >= 11 is 0. The molecular weight excluding hydrogens is 214 g/mol. The second-order valence-electron chi connectivity index (χ2n) is 3.91. The van der Waals surface area contributed by atoms with Crippen molar-refractivity contribution in [2.24, 2.45) is 5.73 Å². The number of anilines is 1. The van der Waals surface area contributed by atoms with E-state index in [2.05, 4.69) is 10.3 Å². The molecule has 3 N–H and O–H groups in total. The minimum atomic E-state index is -0.466. The van der Waals surface area contributed by atoms with Crippen LogP contribution in [0.4, 0.5) is 5.69 Å². The molecule has 0 aliphatic carbocycles. The van der Waals surface area contributed by atoms with Crippen LogP contribution in [0.1, 0.15) is 13.3 Å². The number of nitrogens with one attached hydrogen (secondary N) is 1. The molecular formula is C13H15N3O. The molecule has 1 aromatic heterocycles. The Kier molecular flexibility index (Phi) is 3.35. The fourth-order valence-electron chi connectivity index (χ4n) is 1.64. The lowest BCUT2D eigenvalue weighted by molar-refractivity contribution is -0.117. The third-order valence-corrected chi connectivity index (χ3v) is 2.72. The maximum atomic E-state index is 11.7. The highest BCUT2D eigenvalue weighted by molar-refractivity contribution is 6.03. The second kappa shape index (κ2) is 4.93. The quantitative estimate of drug-likeness (QED) is 0.844. The van der Waals surface area contributed by atoms with Crippen LogP contribution in [-0.4, -0.2) is 16.9 Å². The summed E-state index contributed by atoms with van der Waals surface area (Å²) in [5.41, 5.74) is 6.46. The Bertz CT molecular complexity index is 534. The first-order chi connectivity index (χ1) is 8.22. The fourth-order valence-corrected chi connectivity index (χ4v) is 1.64. The van der Waals surface area contributed by atoms with E-state index in [0.29, 0.717) is 6.42 Å². The average Bonchev–Trinajstić information content (AvgIpc) is 2.38. The number of carbonyl (C=O) groups is 1. The number of nitrogens with zero attached hydrogens (tertiary/aromatic N) is 1. The van der Waals surface area contributed by atoms with E-state index in [1.54, 1.807) is 12.4 Å². The summed E-state index contributed by atoms with van der Waals surface area (Å²) in [5, 5.41) is 4.81. The van der Waals surface area contributed by atoms with Gasteiger partial charge in [-0.05, 0) is 18.6 Å². The van der Waals surface area contributed by atoms with Crippen molar-refractivity contribution in [3.05, 3.63) is 36.7 Å². The normalized spacial score (nSPS) is 12.4. The van der Waals surface area contributed by atoms with E-state index in [1.807, 2.05) is 31.2 Å². The lowest BCUT2D eigenvalue weighted by Crippen LogP contribution is -2.34. The molecule has 0 bridgehead atoms. The minimum absolute atomic E-state index is 0.156. The van der Waals surface area contributed by atoms with Crippen molar-refractivity contribution in [1.82, 2.24) is 4.98 Å². The highest BCUT2D eigenvalue weighted by atomic mass is 16.2. The Morgan fingerprint density at radius 1 is 1.47 bits per heavy atom. The highest BCUT2D eigenvalue weighted by Crippen LogP contribution is 2.22. The summed E-state index contributed by atoms with van der Waals surface area (Å²) in [6.45, 7) is 1.89. The van der Waals surface area contributed by atoms with Gasteiger partial charge in [-0.1, -0.05) is 19.1 Å². The molecule has 2 aromatic rings. The van der Waals surface area contributed by atoms with Gasteiger partial charge in [0.05, 0.1) is 6.04 Å². The van der Waals surface area contributed by atoms with Crippen molar-refractivity contribution in [1.29, 1.82) is 0 Å². The van der Waals surface area contributed by atoms with E-state index < -0.39 is 6.04 Å². The molecule has 0 aliphatic rings. The summed E-state index contributed by atoms with van der Waals surface area (Å²) in [7, 11) is 0. The third-order valence-electron chi connectivity index (χ3n) is 2.72. The molecule has 0 unspecified atom stereocenters. The lowest BCUT2D eigenvalue weighted by atomic mass is 10.1. The van der Waals surface area contributed by atoms with Crippen molar-refractivity contribution in [3.8, 4) is 0 Å². The Morgan fingerprint density at radius 3 is 3.06 bits per heavy atom. The summed E-state index contributed by atoms with van der Waals surface area (Å²) in [6, 6.07) is 7.12. The SMILES string of the molecule is CC[C@@H](N)C(=O)Nc1cccc2cnccc12. The van der Waals surface area contributed by atoms with Crippen LogP contribution >= 0.6 is 0 Å². The van der Waals surface area contributed by atoms with Crippen molar-refractivity contribution in [2.75, 3.05) is 5.32 Å². The second-order valence-corrected chi connectivity index (χ2v) is 3.91. The van der Waals surface area contributed by atoms with Crippen LogP contribution in [-0.2, 0) is 4.79 Å². The summed E-state index contributed by atoms with van der Waals surface area (Å²) in [4.78, 5) is 15.8.